The zero-order chi connectivity index (χ0) is 13.8. The highest BCUT2D eigenvalue weighted by molar-refractivity contribution is 8.45. The van der Waals surface area contributed by atoms with E-state index in [1.807, 2.05) is 38.1 Å². The molecule has 1 aromatic rings. The number of hydrogen-bond acceptors (Lipinski definition) is 5. The summed E-state index contributed by atoms with van der Waals surface area (Å²) in [5, 5.41) is 0.0180. The minimum atomic E-state index is 0.0180. The van der Waals surface area contributed by atoms with Crippen LogP contribution in [0.5, 0.6) is 5.75 Å². The Morgan fingerprint density at radius 2 is 2.26 bits per heavy atom. The maximum absolute atomic E-state index is 11.8. The summed E-state index contributed by atoms with van der Waals surface area (Å²) in [4.78, 5) is 16.2. The largest absolute Gasteiger partial charge is 0.496 e. The monoisotopic (exact) mass is 293 g/mol. The van der Waals surface area contributed by atoms with E-state index in [0.29, 0.717) is 5.70 Å². The van der Waals surface area contributed by atoms with E-state index in [4.69, 9.17) is 4.74 Å². The van der Waals surface area contributed by atoms with E-state index in [1.54, 1.807) is 18.9 Å². The number of aliphatic imine (C=N–C) groups is 1. The summed E-state index contributed by atoms with van der Waals surface area (Å²) in [6.07, 6.45) is 1.82. The predicted molar refractivity (Wildman–Crippen MR) is 83.9 cm³/mol. The van der Waals surface area contributed by atoms with E-state index in [1.165, 1.54) is 11.8 Å². The summed E-state index contributed by atoms with van der Waals surface area (Å²) in [7, 11) is 1.65. The molecule has 0 N–H and O–H groups in total. The molecule has 3 nitrogen and oxygen atoms in total. The van der Waals surface area contributed by atoms with Crippen LogP contribution in [0.4, 0.5) is 0 Å². The van der Waals surface area contributed by atoms with Crippen LogP contribution in [0.25, 0.3) is 6.08 Å². The van der Waals surface area contributed by atoms with Crippen LogP contribution in [0, 0.1) is 6.92 Å². The predicted octanol–water partition coefficient (Wildman–Crippen LogP) is 3.73. The second-order valence-electron chi connectivity index (χ2n) is 3.96. The molecule has 0 fully saturated rings. The molecule has 0 aliphatic carbocycles. The molecule has 100 valence electrons. The van der Waals surface area contributed by atoms with Crippen molar-refractivity contribution in [3.63, 3.8) is 0 Å². The van der Waals surface area contributed by atoms with Crippen molar-refractivity contribution >= 4 is 39.1 Å². The third-order valence-corrected chi connectivity index (χ3v) is 4.48. The number of ether oxygens (including phenoxy) is 1. The normalized spacial score (nSPS) is 16.9. The van der Waals surface area contributed by atoms with E-state index in [2.05, 4.69) is 4.99 Å². The van der Waals surface area contributed by atoms with Crippen LogP contribution in [0.3, 0.4) is 0 Å². The Morgan fingerprint density at radius 1 is 1.47 bits per heavy atom. The van der Waals surface area contributed by atoms with Crippen molar-refractivity contribution in [2.24, 2.45) is 4.99 Å². The SMILES string of the molecule is CCSC1=NC(=Cc2ccc(OC)c(C)c2)C(=O)S1. The molecule has 19 heavy (non-hydrogen) atoms. The van der Waals surface area contributed by atoms with Crippen LogP contribution in [0.15, 0.2) is 28.9 Å². The number of aryl methyl sites for hydroxylation is 1. The van der Waals surface area contributed by atoms with Gasteiger partial charge in [0, 0.05) is 0 Å². The van der Waals surface area contributed by atoms with Gasteiger partial charge < -0.3 is 4.74 Å². The van der Waals surface area contributed by atoms with Gasteiger partial charge in [0.1, 0.15) is 15.8 Å². The lowest BCUT2D eigenvalue weighted by Crippen LogP contribution is -1.90. The number of rotatable bonds is 3. The summed E-state index contributed by atoms with van der Waals surface area (Å²) in [6.45, 7) is 4.03. The summed E-state index contributed by atoms with van der Waals surface area (Å²) >= 11 is 2.81. The van der Waals surface area contributed by atoms with Gasteiger partial charge in [-0.3, -0.25) is 4.79 Å². The average Bonchev–Trinajstić information content (AvgIpc) is 2.70. The van der Waals surface area contributed by atoms with Crippen molar-refractivity contribution in [3.05, 3.63) is 35.0 Å². The molecular formula is C14H15NO2S2. The summed E-state index contributed by atoms with van der Waals surface area (Å²) in [6, 6.07) is 5.82. The second-order valence-corrected chi connectivity index (χ2v) is 6.43. The fraction of sp³-hybridized carbons (Fsp3) is 0.286. The Morgan fingerprint density at radius 3 is 2.89 bits per heavy atom. The third-order valence-electron chi connectivity index (χ3n) is 2.59. The maximum atomic E-state index is 11.8. The average molecular weight is 293 g/mol. The Labute approximate surface area is 121 Å². The Hall–Kier alpha value is -1.20. The van der Waals surface area contributed by atoms with Gasteiger partial charge >= 0.3 is 0 Å². The quantitative estimate of drug-likeness (QED) is 0.796. The van der Waals surface area contributed by atoms with Crippen LogP contribution in [-0.2, 0) is 4.79 Å². The number of methoxy groups -OCH3 is 1. The first kappa shape index (κ1) is 14.2. The molecule has 1 aliphatic rings. The topological polar surface area (TPSA) is 38.7 Å². The molecule has 5 heteroatoms. The molecule has 0 spiro atoms. The number of carbonyl (C=O) groups excluding carboxylic acids is 1. The van der Waals surface area contributed by atoms with Crippen molar-refractivity contribution in [3.8, 4) is 5.75 Å². The van der Waals surface area contributed by atoms with Crippen LogP contribution in [-0.4, -0.2) is 22.4 Å². The van der Waals surface area contributed by atoms with Crippen LogP contribution in [0.2, 0.25) is 0 Å². The van der Waals surface area contributed by atoms with E-state index in [0.717, 1.165) is 27.0 Å². The maximum Gasteiger partial charge on any atom is 0.244 e. The first-order valence-corrected chi connectivity index (χ1v) is 7.74. The zero-order valence-corrected chi connectivity index (χ0v) is 12.7. The van der Waals surface area contributed by atoms with Gasteiger partial charge in [0.15, 0.2) is 0 Å². The number of hydrogen-bond donors (Lipinski definition) is 0. The lowest BCUT2D eigenvalue weighted by Gasteiger charge is -2.04. The van der Waals surface area contributed by atoms with Gasteiger partial charge in [-0.2, -0.15) is 0 Å². The minimum Gasteiger partial charge on any atom is -0.496 e. The minimum absolute atomic E-state index is 0.0180. The Kier molecular flexibility index (Phi) is 4.71. The summed E-state index contributed by atoms with van der Waals surface area (Å²) in [5.74, 6) is 1.77. The highest BCUT2D eigenvalue weighted by Gasteiger charge is 2.21. The van der Waals surface area contributed by atoms with Crippen molar-refractivity contribution in [2.45, 2.75) is 13.8 Å². The molecule has 0 saturated heterocycles. The van der Waals surface area contributed by atoms with Crippen LogP contribution >= 0.6 is 23.5 Å². The molecule has 0 amide bonds. The Bertz CT molecular complexity index is 565. The van der Waals surface area contributed by atoms with Crippen LogP contribution < -0.4 is 4.74 Å². The van der Waals surface area contributed by atoms with Crippen molar-refractivity contribution < 1.29 is 9.53 Å². The highest BCUT2D eigenvalue weighted by Crippen LogP contribution is 2.31. The summed E-state index contributed by atoms with van der Waals surface area (Å²) in [5.41, 5.74) is 2.53. The van der Waals surface area contributed by atoms with Crippen LogP contribution in [0.1, 0.15) is 18.1 Å². The smallest absolute Gasteiger partial charge is 0.244 e. The van der Waals surface area contributed by atoms with E-state index < -0.39 is 0 Å². The van der Waals surface area contributed by atoms with E-state index in [-0.39, 0.29) is 5.12 Å². The summed E-state index contributed by atoms with van der Waals surface area (Å²) < 4.78 is 6.05. The first-order chi connectivity index (χ1) is 9.13. The Balaban J connectivity index is 2.26. The van der Waals surface area contributed by atoms with Crippen molar-refractivity contribution in [2.75, 3.05) is 12.9 Å². The lowest BCUT2D eigenvalue weighted by molar-refractivity contribution is -0.107. The zero-order valence-electron chi connectivity index (χ0n) is 11.1. The molecule has 0 aromatic heterocycles. The fourth-order valence-electron chi connectivity index (χ4n) is 1.72. The molecule has 2 rings (SSSR count). The van der Waals surface area contributed by atoms with E-state index >= 15 is 0 Å². The number of benzene rings is 1. The van der Waals surface area contributed by atoms with Crippen molar-refractivity contribution in [1.82, 2.24) is 0 Å². The number of carbonyl (C=O) groups is 1. The van der Waals surface area contributed by atoms with Gasteiger partial charge in [-0.1, -0.05) is 24.8 Å². The van der Waals surface area contributed by atoms with Gasteiger partial charge in [-0.15, -0.1) is 0 Å². The molecule has 1 aromatic carbocycles. The van der Waals surface area contributed by atoms with Gasteiger partial charge in [0.25, 0.3) is 0 Å². The molecule has 1 aliphatic heterocycles. The highest BCUT2D eigenvalue weighted by atomic mass is 32.2. The first-order valence-electron chi connectivity index (χ1n) is 5.94. The third kappa shape index (κ3) is 3.42. The lowest BCUT2D eigenvalue weighted by atomic mass is 10.1. The number of nitrogens with zero attached hydrogens (tertiary/aromatic N) is 1. The fourth-order valence-corrected chi connectivity index (χ4v) is 3.46. The molecule has 0 unspecified atom stereocenters. The molecule has 1 heterocycles. The molecular weight excluding hydrogens is 278 g/mol. The van der Waals surface area contributed by atoms with E-state index in [9.17, 15) is 4.79 Å². The molecule has 0 bridgehead atoms. The molecule has 0 atom stereocenters. The molecule has 0 radical (unpaired) electrons. The van der Waals surface area contributed by atoms with Gasteiger partial charge in [-0.25, -0.2) is 4.99 Å². The standard InChI is InChI=1S/C14H15NO2S2/c1-4-18-14-15-11(13(16)19-14)8-10-5-6-12(17-3)9(2)7-10/h5-8H,4H2,1-3H3. The second kappa shape index (κ2) is 6.30. The van der Waals surface area contributed by atoms with Crippen molar-refractivity contribution in [1.29, 1.82) is 0 Å². The number of thioether (sulfide) groups is 2. The molecule has 0 saturated carbocycles. The van der Waals surface area contributed by atoms with Gasteiger partial charge in [-0.05, 0) is 53.8 Å². The van der Waals surface area contributed by atoms with Gasteiger partial charge in [0.2, 0.25) is 5.12 Å². The van der Waals surface area contributed by atoms with Gasteiger partial charge in [0.05, 0.1) is 7.11 Å².